The van der Waals surface area contributed by atoms with Crippen LogP contribution in [0, 0.1) is 11.7 Å². The second kappa shape index (κ2) is 6.22. The van der Waals surface area contributed by atoms with Gasteiger partial charge in [-0.3, -0.25) is 4.79 Å². The highest BCUT2D eigenvalue weighted by atomic mass is 79.9. The minimum atomic E-state index is -0.642. The quantitative estimate of drug-likeness (QED) is 0.916. The molecule has 0 saturated carbocycles. The predicted octanol–water partition coefficient (Wildman–Crippen LogP) is 2.88. The third kappa shape index (κ3) is 3.20. The Morgan fingerprint density at radius 2 is 2.15 bits per heavy atom. The number of carbonyl (C=O) groups is 1. The summed E-state index contributed by atoms with van der Waals surface area (Å²) in [6.07, 6.45) is 0.0936. The molecule has 1 N–H and O–H groups in total. The van der Waals surface area contributed by atoms with E-state index in [9.17, 15) is 14.3 Å². The average Bonchev–Trinajstić information content (AvgIpc) is 2.42. The standard InChI is InChI=1S/C15H19BrFNO2/c1-9(2)14(19)7-15(20)18-6-5-10-11(8-18)13(17)4-3-12(10)16/h3-4,9,14,19H,5-8H2,1-2H3/t14-/m1/s1. The summed E-state index contributed by atoms with van der Waals surface area (Å²) < 4.78 is 14.8. The van der Waals surface area contributed by atoms with Crippen LogP contribution in [0.3, 0.4) is 0 Å². The van der Waals surface area contributed by atoms with Gasteiger partial charge in [0.25, 0.3) is 0 Å². The van der Waals surface area contributed by atoms with Gasteiger partial charge in [0.1, 0.15) is 5.82 Å². The maximum Gasteiger partial charge on any atom is 0.225 e. The number of aliphatic hydroxyl groups is 1. The molecular weight excluding hydrogens is 325 g/mol. The average molecular weight is 344 g/mol. The van der Waals surface area contributed by atoms with Gasteiger partial charge in [0, 0.05) is 23.1 Å². The molecule has 0 bridgehead atoms. The number of amides is 1. The van der Waals surface area contributed by atoms with E-state index in [4.69, 9.17) is 0 Å². The first-order valence-corrected chi connectivity index (χ1v) is 7.61. The molecule has 2 rings (SSSR count). The van der Waals surface area contributed by atoms with Gasteiger partial charge in [-0.25, -0.2) is 4.39 Å². The molecule has 1 heterocycles. The first-order valence-electron chi connectivity index (χ1n) is 6.81. The van der Waals surface area contributed by atoms with Gasteiger partial charge in [0.2, 0.25) is 5.91 Å². The van der Waals surface area contributed by atoms with E-state index in [1.807, 2.05) is 13.8 Å². The monoisotopic (exact) mass is 343 g/mol. The van der Waals surface area contributed by atoms with Crippen molar-refractivity contribution in [1.82, 2.24) is 4.90 Å². The zero-order chi connectivity index (χ0) is 14.9. The lowest BCUT2D eigenvalue weighted by Gasteiger charge is -2.30. The third-order valence-electron chi connectivity index (χ3n) is 3.80. The Morgan fingerprint density at radius 1 is 1.45 bits per heavy atom. The van der Waals surface area contributed by atoms with Crippen LogP contribution >= 0.6 is 15.9 Å². The van der Waals surface area contributed by atoms with Crippen LogP contribution in [0.1, 0.15) is 31.4 Å². The van der Waals surface area contributed by atoms with Crippen molar-refractivity contribution < 1.29 is 14.3 Å². The molecule has 110 valence electrons. The highest BCUT2D eigenvalue weighted by Crippen LogP contribution is 2.29. The molecular formula is C15H19BrFNO2. The molecule has 0 spiro atoms. The van der Waals surface area contributed by atoms with Gasteiger partial charge in [-0.2, -0.15) is 0 Å². The van der Waals surface area contributed by atoms with Gasteiger partial charge in [0.15, 0.2) is 0 Å². The van der Waals surface area contributed by atoms with Crippen molar-refractivity contribution in [2.75, 3.05) is 6.54 Å². The van der Waals surface area contributed by atoms with E-state index in [-0.39, 0.29) is 30.6 Å². The van der Waals surface area contributed by atoms with E-state index in [0.29, 0.717) is 18.5 Å². The Bertz CT molecular complexity index is 519. The van der Waals surface area contributed by atoms with Crippen LogP contribution in [0.4, 0.5) is 4.39 Å². The molecule has 20 heavy (non-hydrogen) atoms. The SMILES string of the molecule is CC(C)[C@H](O)CC(=O)N1CCc2c(Br)ccc(F)c2C1. The van der Waals surface area contributed by atoms with Crippen LogP contribution in [0.5, 0.6) is 0 Å². The molecule has 1 amide bonds. The Balaban J connectivity index is 2.11. The second-order valence-corrected chi connectivity index (χ2v) is 6.42. The zero-order valence-electron chi connectivity index (χ0n) is 11.7. The van der Waals surface area contributed by atoms with E-state index < -0.39 is 6.10 Å². The summed E-state index contributed by atoms with van der Waals surface area (Å²) in [6, 6.07) is 3.12. The van der Waals surface area contributed by atoms with Gasteiger partial charge in [0.05, 0.1) is 12.5 Å². The van der Waals surface area contributed by atoms with Crippen LogP contribution in [0.15, 0.2) is 16.6 Å². The van der Waals surface area contributed by atoms with Crippen molar-refractivity contribution in [3.8, 4) is 0 Å². The Morgan fingerprint density at radius 3 is 2.80 bits per heavy atom. The number of hydrogen-bond acceptors (Lipinski definition) is 2. The predicted molar refractivity (Wildman–Crippen MR) is 78.7 cm³/mol. The number of rotatable bonds is 3. The first kappa shape index (κ1) is 15.4. The van der Waals surface area contributed by atoms with Gasteiger partial charge >= 0.3 is 0 Å². The molecule has 1 aliphatic heterocycles. The molecule has 1 atom stereocenters. The summed E-state index contributed by atoms with van der Waals surface area (Å²) in [7, 11) is 0. The van der Waals surface area contributed by atoms with Gasteiger partial charge in [-0.05, 0) is 30.0 Å². The molecule has 3 nitrogen and oxygen atoms in total. The van der Waals surface area contributed by atoms with Crippen LogP contribution in [-0.2, 0) is 17.8 Å². The molecule has 0 unspecified atom stereocenters. The van der Waals surface area contributed by atoms with Gasteiger partial charge < -0.3 is 10.0 Å². The summed E-state index contributed by atoms with van der Waals surface area (Å²) in [4.78, 5) is 13.8. The maximum atomic E-state index is 13.9. The summed E-state index contributed by atoms with van der Waals surface area (Å²) in [5, 5.41) is 9.79. The smallest absolute Gasteiger partial charge is 0.225 e. The highest BCUT2D eigenvalue weighted by molar-refractivity contribution is 9.10. The second-order valence-electron chi connectivity index (χ2n) is 5.57. The van der Waals surface area contributed by atoms with Crippen molar-refractivity contribution in [3.63, 3.8) is 0 Å². The van der Waals surface area contributed by atoms with Crippen LogP contribution in [0.25, 0.3) is 0 Å². The normalized spacial score (nSPS) is 16.2. The fraction of sp³-hybridized carbons (Fsp3) is 0.533. The molecule has 0 aliphatic carbocycles. The number of aliphatic hydroxyl groups excluding tert-OH is 1. The van der Waals surface area contributed by atoms with Crippen molar-refractivity contribution >= 4 is 21.8 Å². The maximum absolute atomic E-state index is 13.9. The zero-order valence-corrected chi connectivity index (χ0v) is 13.3. The Hall–Kier alpha value is -0.940. The van der Waals surface area contributed by atoms with Crippen LogP contribution in [-0.4, -0.2) is 28.6 Å². The molecule has 1 aromatic carbocycles. The molecule has 1 aliphatic rings. The molecule has 0 saturated heterocycles. The molecule has 1 aromatic rings. The lowest BCUT2D eigenvalue weighted by Crippen LogP contribution is -2.38. The fourth-order valence-corrected chi connectivity index (χ4v) is 2.92. The topological polar surface area (TPSA) is 40.5 Å². The van der Waals surface area contributed by atoms with Crippen molar-refractivity contribution in [2.45, 2.75) is 39.3 Å². The number of halogens is 2. The number of hydrogen-bond donors (Lipinski definition) is 1. The summed E-state index contributed by atoms with van der Waals surface area (Å²) in [6.45, 7) is 4.60. The van der Waals surface area contributed by atoms with E-state index >= 15 is 0 Å². The van der Waals surface area contributed by atoms with E-state index in [0.717, 1.165) is 10.0 Å². The Kier molecular flexibility index (Phi) is 4.81. The summed E-state index contributed by atoms with van der Waals surface area (Å²) in [5.41, 5.74) is 1.52. The lowest BCUT2D eigenvalue weighted by atomic mass is 9.98. The third-order valence-corrected chi connectivity index (χ3v) is 4.55. The first-order chi connectivity index (χ1) is 9.40. The van der Waals surface area contributed by atoms with E-state index in [1.54, 1.807) is 11.0 Å². The number of benzene rings is 1. The van der Waals surface area contributed by atoms with Gasteiger partial charge in [-0.15, -0.1) is 0 Å². The van der Waals surface area contributed by atoms with E-state index in [1.165, 1.54) is 6.07 Å². The number of nitrogens with zero attached hydrogens (tertiary/aromatic N) is 1. The summed E-state index contributed by atoms with van der Waals surface area (Å²) in [5.74, 6) is -0.344. The van der Waals surface area contributed by atoms with E-state index in [2.05, 4.69) is 15.9 Å². The van der Waals surface area contributed by atoms with Crippen molar-refractivity contribution in [1.29, 1.82) is 0 Å². The van der Waals surface area contributed by atoms with Crippen molar-refractivity contribution in [3.05, 3.63) is 33.5 Å². The minimum absolute atomic E-state index is 0.0434. The van der Waals surface area contributed by atoms with Gasteiger partial charge in [-0.1, -0.05) is 29.8 Å². The molecule has 0 aromatic heterocycles. The highest BCUT2D eigenvalue weighted by Gasteiger charge is 2.26. The fourth-order valence-electron chi connectivity index (χ4n) is 2.35. The van der Waals surface area contributed by atoms with Crippen LogP contribution in [0.2, 0.25) is 0 Å². The Labute approximate surface area is 126 Å². The number of fused-ring (bicyclic) bond motifs is 1. The largest absolute Gasteiger partial charge is 0.392 e. The molecule has 5 heteroatoms. The number of carbonyl (C=O) groups excluding carboxylic acids is 1. The lowest BCUT2D eigenvalue weighted by molar-refractivity contribution is -0.134. The minimum Gasteiger partial charge on any atom is -0.392 e. The van der Waals surface area contributed by atoms with Crippen molar-refractivity contribution in [2.24, 2.45) is 5.92 Å². The summed E-state index contributed by atoms with van der Waals surface area (Å²) >= 11 is 3.42. The van der Waals surface area contributed by atoms with Crippen LogP contribution < -0.4 is 0 Å². The molecule has 0 fully saturated rings. The molecule has 0 radical (unpaired) electrons.